The maximum absolute atomic E-state index is 12.8. The zero-order valence-corrected chi connectivity index (χ0v) is 13.8. The van der Waals surface area contributed by atoms with Crippen LogP contribution >= 0.6 is 23.2 Å². The Morgan fingerprint density at radius 3 is 2.67 bits per heavy atom. The van der Waals surface area contributed by atoms with Gasteiger partial charge in [-0.3, -0.25) is 0 Å². The van der Waals surface area contributed by atoms with E-state index in [1.165, 1.54) is 16.4 Å². The van der Waals surface area contributed by atoms with E-state index in [1.54, 1.807) is 0 Å². The molecule has 118 valence electrons. The fourth-order valence-electron chi connectivity index (χ4n) is 2.52. The zero-order valence-electron chi connectivity index (χ0n) is 11.4. The lowest BCUT2D eigenvalue weighted by Gasteiger charge is -2.28. The standard InChI is InChI=1S/C13H18Cl2N2O3S/c14-10-5-6-11(12(15)13(10)16)21(19,20)17-7-3-1-2-4-9(17)8-18/h5-6,9,18H,1-4,7-8,16H2. The number of nitrogens with zero attached hydrogens (tertiary/aromatic N) is 1. The topological polar surface area (TPSA) is 83.6 Å². The summed E-state index contributed by atoms with van der Waals surface area (Å²) in [5, 5.41) is 9.63. The van der Waals surface area contributed by atoms with E-state index >= 15 is 0 Å². The lowest BCUT2D eigenvalue weighted by Crippen LogP contribution is -2.42. The van der Waals surface area contributed by atoms with E-state index in [1.807, 2.05) is 0 Å². The number of nitrogen functional groups attached to an aromatic ring is 1. The number of aliphatic hydroxyl groups excluding tert-OH is 1. The summed E-state index contributed by atoms with van der Waals surface area (Å²) in [5.41, 5.74) is 5.76. The van der Waals surface area contributed by atoms with Crippen molar-refractivity contribution in [1.29, 1.82) is 0 Å². The van der Waals surface area contributed by atoms with Crippen molar-refractivity contribution in [3.05, 3.63) is 22.2 Å². The maximum atomic E-state index is 12.8. The SMILES string of the molecule is Nc1c(Cl)ccc(S(=O)(=O)N2CCCCCC2CO)c1Cl. The molecule has 0 amide bonds. The molecule has 0 saturated carbocycles. The highest BCUT2D eigenvalue weighted by Crippen LogP contribution is 2.35. The third-order valence-electron chi connectivity index (χ3n) is 3.71. The summed E-state index contributed by atoms with van der Waals surface area (Å²) in [6.07, 6.45) is 3.24. The molecule has 0 aromatic heterocycles. The predicted octanol–water partition coefficient (Wildman–Crippen LogP) is 2.50. The monoisotopic (exact) mass is 352 g/mol. The minimum absolute atomic E-state index is 0.0507. The molecular weight excluding hydrogens is 335 g/mol. The van der Waals surface area contributed by atoms with E-state index in [9.17, 15) is 13.5 Å². The second-order valence-electron chi connectivity index (χ2n) is 5.07. The van der Waals surface area contributed by atoms with Gasteiger partial charge in [-0.25, -0.2) is 8.42 Å². The minimum atomic E-state index is -3.81. The highest BCUT2D eigenvalue weighted by molar-refractivity contribution is 7.89. The Kier molecular flexibility index (Phi) is 5.38. The van der Waals surface area contributed by atoms with Crippen molar-refractivity contribution in [1.82, 2.24) is 4.31 Å². The average Bonchev–Trinajstić information content (AvgIpc) is 2.70. The van der Waals surface area contributed by atoms with Crippen LogP contribution in [0.3, 0.4) is 0 Å². The van der Waals surface area contributed by atoms with Gasteiger partial charge in [-0.05, 0) is 25.0 Å². The van der Waals surface area contributed by atoms with Crippen LogP contribution in [0.25, 0.3) is 0 Å². The summed E-state index contributed by atoms with van der Waals surface area (Å²) in [6.45, 7) is 0.159. The first-order chi connectivity index (χ1) is 9.89. The molecule has 21 heavy (non-hydrogen) atoms. The van der Waals surface area contributed by atoms with Crippen LogP contribution in [0, 0.1) is 0 Å². The summed E-state index contributed by atoms with van der Waals surface area (Å²) in [5.74, 6) is 0. The molecule has 0 bridgehead atoms. The first-order valence-electron chi connectivity index (χ1n) is 6.75. The molecule has 1 aliphatic heterocycles. The molecule has 1 atom stereocenters. The van der Waals surface area contributed by atoms with Crippen LogP contribution in [0.5, 0.6) is 0 Å². The lowest BCUT2D eigenvalue weighted by molar-refractivity contribution is 0.186. The largest absolute Gasteiger partial charge is 0.396 e. The molecule has 2 rings (SSSR count). The smallest absolute Gasteiger partial charge is 0.244 e. The molecular formula is C13H18Cl2N2O3S. The molecule has 0 aliphatic carbocycles. The van der Waals surface area contributed by atoms with Crippen LogP contribution in [0.15, 0.2) is 17.0 Å². The number of hydrogen-bond acceptors (Lipinski definition) is 4. The normalized spacial score (nSPS) is 21.2. The number of anilines is 1. The van der Waals surface area contributed by atoms with Crippen molar-refractivity contribution in [2.24, 2.45) is 0 Å². The van der Waals surface area contributed by atoms with Crippen molar-refractivity contribution in [2.75, 3.05) is 18.9 Å². The van der Waals surface area contributed by atoms with Crippen LogP contribution < -0.4 is 5.73 Å². The van der Waals surface area contributed by atoms with Crippen LogP contribution in [0.2, 0.25) is 10.0 Å². The Labute approximate surface area is 134 Å². The summed E-state index contributed by atoms with van der Waals surface area (Å²) in [6, 6.07) is 2.35. The Balaban J connectivity index is 2.47. The van der Waals surface area contributed by atoms with E-state index in [-0.39, 0.29) is 27.2 Å². The lowest BCUT2D eigenvalue weighted by atomic mass is 10.1. The van der Waals surface area contributed by atoms with Crippen molar-refractivity contribution in [2.45, 2.75) is 36.6 Å². The van der Waals surface area contributed by atoms with Crippen LogP contribution in [0.4, 0.5) is 5.69 Å². The second kappa shape index (κ2) is 6.71. The van der Waals surface area contributed by atoms with Gasteiger partial charge in [0.2, 0.25) is 10.0 Å². The molecule has 3 N–H and O–H groups in total. The van der Waals surface area contributed by atoms with Gasteiger partial charge in [0, 0.05) is 12.6 Å². The van der Waals surface area contributed by atoms with Gasteiger partial charge in [0.15, 0.2) is 0 Å². The van der Waals surface area contributed by atoms with Gasteiger partial charge < -0.3 is 10.8 Å². The minimum Gasteiger partial charge on any atom is -0.396 e. The van der Waals surface area contributed by atoms with Gasteiger partial charge in [-0.15, -0.1) is 0 Å². The van der Waals surface area contributed by atoms with Gasteiger partial charge in [0.1, 0.15) is 4.90 Å². The molecule has 8 heteroatoms. The highest BCUT2D eigenvalue weighted by atomic mass is 35.5. The fourth-order valence-corrected chi connectivity index (χ4v) is 4.95. The Hall–Kier alpha value is -0.530. The maximum Gasteiger partial charge on any atom is 0.244 e. The van der Waals surface area contributed by atoms with E-state index in [0.717, 1.165) is 19.3 Å². The van der Waals surface area contributed by atoms with Gasteiger partial charge in [-0.1, -0.05) is 36.0 Å². The molecule has 1 fully saturated rings. The molecule has 1 aliphatic rings. The first-order valence-corrected chi connectivity index (χ1v) is 8.95. The van der Waals surface area contributed by atoms with Crippen molar-refractivity contribution in [3.63, 3.8) is 0 Å². The van der Waals surface area contributed by atoms with Gasteiger partial charge in [-0.2, -0.15) is 4.31 Å². The molecule has 0 spiro atoms. The van der Waals surface area contributed by atoms with E-state index in [0.29, 0.717) is 13.0 Å². The summed E-state index contributed by atoms with van der Waals surface area (Å²) in [7, 11) is -3.81. The summed E-state index contributed by atoms with van der Waals surface area (Å²) in [4.78, 5) is -0.0635. The molecule has 1 saturated heterocycles. The zero-order chi connectivity index (χ0) is 15.6. The number of sulfonamides is 1. The molecule has 0 radical (unpaired) electrons. The fraction of sp³-hybridized carbons (Fsp3) is 0.538. The van der Waals surface area contributed by atoms with Crippen molar-refractivity contribution in [3.8, 4) is 0 Å². The quantitative estimate of drug-likeness (QED) is 0.818. The molecule has 1 unspecified atom stereocenters. The number of hydrogen-bond donors (Lipinski definition) is 2. The summed E-state index contributed by atoms with van der Waals surface area (Å²) >= 11 is 11.9. The van der Waals surface area contributed by atoms with Crippen LogP contribution in [-0.4, -0.2) is 37.0 Å². The number of aliphatic hydroxyl groups is 1. The number of halogens is 2. The average molecular weight is 353 g/mol. The van der Waals surface area contributed by atoms with Crippen molar-refractivity contribution < 1.29 is 13.5 Å². The Morgan fingerprint density at radius 1 is 1.29 bits per heavy atom. The summed E-state index contributed by atoms with van der Waals surface area (Å²) < 4.78 is 27.0. The number of rotatable bonds is 3. The van der Waals surface area contributed by atoms with Crippen LogP contribution in [-0.2, 0) is 10.0 Å². The first kappa shape index (κ1) is 16.8. The number of benzene rings is 1. The third kappa shape index (κ3) is 3.29. The number of nitrogens with two attached hydrogens (primary N) is 1. The molecule has 1 aromatic carbocycles. The second-order valence-corrected chi connectivity index (χ2v) is 7.72. The molecule has 1 heterocycles. The van der Waals surface area contributed by atoms with Crippen LogP contribution in [0.1, 0.15) is 25.7 Å². The van der Waals surface area contributed by atoms with Crippen molar-refractivity contribution >= 4 is 38.9 Å². The van der Waals surface area contributed by atoms with E-state index < -0.39 is 16.1 Å². The van der Waals surface area contributed by atoms with Gasteiger partial charge in [0.25, 0.3) is 0 Å². The van der Waals surface area contributed by atoms with E-state index in [2.05, 4.69) is 0 Å². The molecule has 5 nitrogen and oxygen atoms in total. The predicted molar refractivity (Wildman–Crippen MR) is 84.1 cm³/mol. The molecule has 1 aromatic rings. The Bertz CT molecular complexity index is 622. The van der Waals surface area contributed by atoms with Gasteiger partial charge in [0.05, 0.1) is 22.3 Å². The van der Waals surface area contributed by atoms with E-state index in [4.69, 9.17) is 28.9 Å². The highest BCUT2D eigenvalue weighted by Gasteiger charge is 2.34. The Morgan fingerprint density at radius 2 is 2.00 bits per heavy atom. The van der Waals surface area contributed by atoms with Gasteiger partial charge >= 0.3 is 0 Å². The third-order valence-corrected chi connectivity index (χ3v) is 6.55.